The number of carbonyl (C=O) groups excluding carboxylic acids is 2. The Bertz CT molecular complexity index is 699. The summed E-state index contributed by atoms with van der Waals surface area (Å²) in [5.41, 5.74) is 2.99. The van der Waals surface area contributed by atoms with Crippen molar-refractivity contribution in [3.63, 3.8) is 0 Å². The predicted octanol–water partition coefficient (Wildman–Crippen LogP) is 4.19. The number of nitrogens with one attached hydrogen (secondary N) is 1. The van der Waals surface area contributed by atoms with Crippen molar-refractivity contribution in [3.05, 3.63) is 29.3 Å². The van der Waals surface area contributed by atoms with E-state index < -0.39 is 0 Å². The Kier molecular flexibility index (Phi) is 5.79. The maximum Gasteiger partial charge on any atom is 0.242 e. The van der Waals surface area contributed by atoms with Crippen LogP contribution in [0, 0.1) is 13.8 Å². The molecule has 1 heterocycles. The molecule has 6 heteroatoms. The molecule has 1 N–H and O–H groups in total. The second kappa shape index (κ2) is 7.87. The molecule has 0 aromatic heterocycles. The average molecular weight is 377 g/mol. The smallest absolute Gasteiger partial charge is 0.242 e. The summed E-state index contributed by atoms with van der Waals surface area (Å²) in [6.07, 6.45) is 5.75. The van der Waals surface area contributed by atoms with E-state index in [4.69, 9.17) is 12.2 Å². The zero-order chi connectivity index (χ0) is 18.0. The normalized spacial score (nSPS) is 21.7. The first-order valence-corrected chi connectivity index (χ1v) is 10.2. The van der Waals surface area contributed by atoms with E-state index in [-0.39, 0.29) is 29.5 Å². The van der Waals surface area contributed by atoms with Gasteiger partial charge in [-0.2, -0.15) is 0 Å². The number of thioether (sulfide) groups is 1. The van der Waals surface area contributed by atoms with Gasteiger partial charge in [0.1, 0.15) is 4.32 Å². The molecule has 0 bridgehead atoms. The zero-order valence-electron chi connectivity index (χ0n) is 14.7. The van der Waals surface area contributed by atoms with Crippen LogP contribution in [0.5, 0.6) is 0 Å². The molecule has 4 nitrogen and oxygen atoms in total. The van der Waals surface area contributed by atoms with Crippen LogP contribution in [0.4, 0.5) is 5.69 Å². The number of benzene rings is 1. The third-order valence-electron chi connectivity index (χ3n) is 4.92. The van der Waals surface area contributed by atoms with Gasteiger partial charge in [0.15, 0.2) is 0 Å². The number of thiocarbonyl (C=S) groups is 1. The van der Waals surface area contributed by atoms with Crippen molar-refractivity contribution >= 4 is 45.8 Å². The number of anilines is 1. The van der Waals surface area contributed by atoms with Gasteiger partial charge in [-0.15, -0.1) is 0 Å². The van der Waals surface area contributed by atoms with Gasteiger partial charge in [-0.3, -0.25) is 14.5 Å². The van der Waals surface area contributed by atoms with Gasteiger partial charge in [0.25, 0.3) is 0 Å². The molecule has 1 saturated carbocycles. The third-order valence-corrected chi connectivity index (χ3v) is 6.46. The Morgan fingerprint density at radius 3 is 2.68 bits per heavy atom. The summed E-state index contributed by atoms with van der Waals surface area (Å²) in [6.45, 7) is 3.99. The number of rotatable bonds is 4. The summed E-state index contributed by atoms with van der Waals surface area (Å²) < 4.78 is 0.640. The average Bonchev–Trinajstić information content (AvgIpc) is 2.85. The van der Waals surface area contributed by atoms with Crippen molar-refractivity contribution in [3.8, 4) is 0 Å². The molecule has 2 amide bonds. The van der Waals surface area contributed by atoms with Crippen molar-refractivity contribution in [2.75, 3.05) is 5.32 Å². The molecule has 1 aromatic rings. The summed E-state index contributed by atoms with van der Waals surface area (Å²) in [5.74, 6) is -0.122. The van der Waals surface area contributed by atoms with Gasteiger partial charge in [-0.1, -0.05) is 60.9 Å². The second-order valence-electron chi connectivity index (χ2n) is 6.94. The lowest BCUT2D eigenvalue weighted by Crippen LogP contribution is -2.42. The van der Waals surface area contributed by atoms with Crippen molar-refractivity contribution in [2.24, 2.45) is 0 Å². The fraction of sp³-hybridized carbons (Fsp3) is 0.526. The van der Waals surface area contributed by atoms with E-state index in [0.717, 1.165) is 42.5 Å². The van der Waals surface area contributed by atoms with E-state index in [1.165, 1.54) is 18.2 Å². The van der Waals surface area contributed by atoms with E-state index in [1.54, 1.807) is 4.90 Å². The molecule has 0 radical (unpaired) electrons. The molecule has 134 valence electrons. The van der Waals surface area contributed by atoms with Gasteiger partial charge >= 0.3 is 0 Å². The predicted molar refractivity (Wildman–Crippen MR) is 107 cm³/mol. The summed E-state index contributed by atoms with van der Waals surface area (Å²) in [7, 11) is 0. The first-order valence-electron chi connectivity index (χ1n) is 8.86. The highest BCUT2D eigenvalue weighted by Gasteiger charge is 2.41. The standard InChI is InChI=1S/C19H24N2O2S2/c1-12-8-9-15(13(2)10-12)20-17(22)11-16-18(23)21(19(24)25-16)14-6-4-3-5-7-14/h8-10,14,16H,3-7,11H2,1-2H3,(H,20,22). The Hall–Kier alpha value is -1.40. The van der Waals surface area contributed by atoms with E-state index in [2.05, 4.69) is 5.32 Å². The molecular formula is C19H24N2O2S2. The minimum absolute atomic E-state index is 0.0117. The van der Waals surface area contributed by atoms with Crippen LogP contribution in [-0.2, 0) is 9.59 Å². The highest BCUT2D eigenvalue weighted by atomic mass is 32.2. The number of aryl methyl sites for hydroxylation is 2. The lowest BCUT2D eigenvalue weighted by atomic mass is 9.94. The van der Waals surface area contributed by atoms with Gasteiger partial charge < -0.3 is 5.32 Å². The summed E-state index contributed by atoms with van der Waals surface area (Å²) in [6, 6.07) is 6.14. The molecule has 0 spiro atoms. The first kappa shape index (κ1) is 18.4. The van der Waals surface area contributed by atoms with Gasteiger partial charge in [0.05, 0.1) is 5.25 Å². The molecule has 2 aliphatic rings. The maximum absolute atomic E-state index is 12.8. The molecule has 1 aliphatic heterocycles. The van der Waals surface area contributed by atoms with Crippen LogP contribution in [0.3, 0.4) is 0 Å². The van der Waals surface area contributed by atoms with E-state index in [0.29, 0.717) is 4.32 Å². The number of nitrogens with zero attached hydrogens (tertiary/aromatic N) is 1. The molecule has 1 atom stereocenters. The van der Waals surface area contributed by atoms with E-state index in [1.807, 2.05) is 32.0 Å². The van der Waals surface area contributed by atoms with Gasteiger partial charge in [0, 0.05) is 18.2 Å². The van der Waals surface area contributed by atoms with Crippen molar-refractivity contribution < 1.29 is 9.59 Å². The zero-order valence-corrected chi connectivity index (χ0v) is 16.3. The minimum atomic E-state index is -0.389. The van der Waals surface area contributed by atoms with Gasteiger partial charge in [0.2, 0.25) is 11.8 Å². The summed E-state index contributed by atoms with van der Waals surface area (Å²) in [4.78, 5) is 26.9. The quantitative estimate of drug-likeness (QED) is 0.801. The molecule has 25 heavy (non-hydrogen) atoms. The number of amides is 2. The van der Waals surface area contributed by atoms with E-state index in [9.17, 15) is 9.59 Å². The Morgan fingerprint density at radius 2 is 2.00 bits per heavy atom. The van der Waals surface area contributed by atoms with Crippen molar-refractivity contribution in [1.29, 1.82) is 0 Å². The molecule has 1 unspecified atom stereocenters. The number of hydrogen-bond acceptors (Lipinski definition) is 4. The highest BCUT2D eigenvalue weighted by molar-refractivity contribution is 8.24. The van der Waals surface area contributed by atoms with Crippen LogP contribution in [0.25, 0.3) is 0 Å². The molecule has 1 aliphatic carbocycles. The summed E-state index contributed by atoms with van der Waals surface area (Å²) >= 11 is 6.80. The molecule has 1 saturated heterocycles. The third kappa shape index (κ3) is 4.23. The van der Waals surface area contributed by atoms with Crippen molar-refractivity contribution in [2.45, 2.75) is 63.7 Å². The summed E-state index contributed by atoms with van der Waals surface area (Å²) in [5, 5.41) is 2.54. The van der Waals surface area contributed by atoms with E-state index >= 15 is 0 Å². The second-order valence-corrected chi connectivity index (χ2v) is 8.78. The largest absolute Gasteiger partial charge is 0.326 e. The Labute approximate surface area is 158 Å². The van der Waals surface area contributed by atoms with Gasteiger partial charge in [-0.05, 0) is 38.3 Å². The van der Waals surface area contributed by atoms with Crippen LogP contribution in [0.2, 0.25) is 0 Å². The van der Waals surface area contributed by atoms with Crippen LogP contribution in [-0.4, -0.2) is 32.3 Å². The van der Waals surface area contributed by atoms with Crippen molar-refractivity contribution in [1.82, 2.24) is 4.90 Å². The maximum atomic E-state index is 12.8. The fourth-order valence-corrected chi connectivity index (χ4v) is 5.23. The Balaban J connectivity index is 1.61. The van der Waals surface area contributed by atoms with Crippen LogP contribution >= 0.6 is 24.0 Å². The molecular weight excluding hydrogens is 352 g/mol. The topological polar surface area (TPSA) is 49.4 Å². The van der Waals surface area contributed by atoms with Crippen LogP contribution in [0.1, 0.15) is 49.7 Å². The highest BCUT2D eigenvalue weighted by Crippen LogP contribution is 2.35. The Morgan fingerprint density at radius 1 is 1.28 bits per heavy atom. The molecule has 2 fully saturated rings. The lowest BCUT2D eigenvalue weighted by Gasteiger charge is -2.30. The molecule has 1 aromatic carbocycles. The number of hydrogen-bond donors (Lipinski definition) is 1. The monoisotopic (exact) mass is 376 g/mol. The van der Waals surface area contributed by atoms with Crippen LogP contribution in [0.15, 0.2) is 18.2 Å². The van der Waals surface area contributed by atoms with Gasteiger partial charge in [-0.25, -0.2) is 0 Å². The van der Waals surface area contributed by atoms with Crippen LogP contribution < -0.4 is 5.32 Å². The lowest BCUT2D eigenvalue weighted by molar-refractivity contribution is -0.129. The molecule has 3 rings (SSSR count). The minimum Gasteiger partial charge on any atom is -0.326 e. The number of carbonyl (C=O) groups is 2. The fourth-order valence-electron chi connectivity index (χ4n) is 3.59. The SMILES string of the molecule is Cc1ccc(NC(=O)CC2SC(=S)N(C3CCCCC3)C2=O)c(C)c1. The first-order chi connectivity index (χ1) is 12.0.